The Morgan fingerprint density at radius 2 is 1.76 bits per heavy atom. The summed E-state index contributed by atoms with van der Waals surface area (Å²) in [6, 6.07) is 0.182. The second kappa shape index (κ2) is 5.99. The summed E-state index contributed by atoms with van der Waals surface area (Å²) in [6.45, 7) is 1.35. The fourth-order valence-electron chi connectivity index (χ4n) is 5.39. The topological polar surface area (TPSA) is 46.9 Å². The van der Waals surface area contributed by atoms with Gasteiger partial charge in [0, 0.05) is 6.04 Å². The minimum Gasteiger partial charge on any atom is -0.351 e. The average Bonchev–Trinajstić information content (AvgIpc) is 2.78. The van der Waals surface area contributed by atoms with Crippen molar-refractivity contribution in [3.05, 3.63) is 15.9 Å². The molecule has 0 aromatic carbocycles. The monoisotopic (exact) mass is 419 g/mol. The van der Waals surface area contributed by atoms with E-state index >= 15 is 0 Å². The molecule has 4 nitrogen and oxygen atoms in total. The molecule has 8 heteroatoms. The molecule has 0 radical (unpaired) electrons. The quantitative estimate of drug-likeness (QED) is 0.806. The maximum absolute atomic E-state index is 12.9. The van der Waals surface area contributed by atoms with Gasteiger partial charge in [0.2, 0.25) is 5.91 Å². The molecule has 0 aliphatic heterocycles. The number of rotatable bonds is 3. The minimum atomic E-state index is -4.53. The van der Waals surface area contributed by atoms with Gasteiger partial charge in [0.25, 0.3) is 0 Å². The van der Waals surface area contributed by atoms with Crippen LogP contribution in [0.5, 0.6) is 0 Å². The van der Waals surface area contributed by atoms with Crippen LogP contribution < -0.4 is 5.32 Å². The number of amides is 1. The zero-order valence-corrected chi connectivity index (χ0v) is 15.5. The van der Waals surface area contributed by atoms with Crippen LogP contribution in [-0.4, -0.2) is 21.7 Å². The Bertz CT molecular complexity index is 672. The molecule has 4 fully saturated rings. The van der Waals surface area contributed by atoms with Gasteiger partial charge >= 0.3 is 6.18 Å². The van der Waals surface area contributed by atoms with Gasteiger partial charge in [0.15, 0.2) is 5.69 Å². The highest BCUT2D eigenvalue weighted by Gasteiger charge is 2.48. The van der Waals surface area contributed by atoms with Crippen molar-refractivity contribution >= 4 is 21.8 Å². The van der Waals surface area contributed by atoms with Crippen molar-refractivity contribution in [1.82, 2.24) is 15.1 Å². The van der Waals surface area contributed by atoms with Crippen LogP contribution in [0.2, 0.25) is 0 Å². The van der Waals surface area contributed by atoms with Crippen LogP contribution in [-0.2, 0) is 17.5 Å². The standard InChI is InChI=1S/C17H21BrF3N3O/c1-8-14(18)16(17(19,20)21)23-24(8)7-13(25)22-15-11-3-9-2-10(5-11)6-12(15)4-9/h9-12,15H,2-7H2,1H3,(H,22,25). The van der Waals surface area contributed by atoms with Crippen LogP contribution in [0, 0.1) is 30.6 Å². The van der Waals surface area contributed by atoms with Gasteiger partial charge in [0.05, 0.1) is 10.2 Å². The third-order valence-corrected chi connectivity index (χ3v) is 7.20. The molecule has 4 aliphatic rings. The second-order valence-electron chi connectivity index (χ2n) is 7.93. The molecule has 0 spiro atoms. The van der Waals surface area contributed by atoms with E-state index in [4.69, 9.17) is 0 Å². The van der Waals surface area contributed by atoms with Crippen LogP contribution in [0.1, 0.15) is 43.5 Å². The highest BCUT2D eigenvalue weighted by atomic mass is 79.9. The van der Waals surface area contributed by atoms with Crippen molar-refractivity contribution in [2.45, 2.75) is 57.8 Å². The first kappa shape index (κ1) is 17.4. The fourth-order valence-corrected chi connectivity index (χ4v) is 5.90. The number of hydrogen-bond acceptors (Lipinski definition) is 2. The maximum Gasteiger partial charge on any atom is 0.436 e. The van der Waals surface area contributed by atoms with E-state index in [0.29, 0.717) is 17.5 Å². The first-order valence-electron chi connectivity index (χ1n) is 8.81. The zero-order valence-electron chi connectivity index (χ0n) is 13.9. The highest BCUT2D eigenvalue weighted by molar-refractivity contribution is 9.10. The largest absolute Gasteiger partial charge is 0.436 e. The lowest BCUT2D eigenvalue weighted by atomic mass is 9.54. The summed E-state index contributed by atoms with van der Waals surface area (Å²) in [4.78, 5) is 12.5. The van der Waals surface area contributed by atoms with Gasteiger partial charge in [-0.1, -0.05) is 0 Å². The zero-order chi connectivity index (χ0) is 17.9. The Labute approximate surface area is 152 Å². The molecule has 0 unspecified atom stereocenters. The van der Waals surface area contributed by atoms with E-state index in [1.807, 2.05) is 0 Å². The maximum atomic E-state index is 12.9. The lowest BCUT2D eigenvalue weighted by molar-refractivity contribution is -0.142. The van der Waals surface area contributed by atoms with Gasteiger partial charge in [-0.15, -0.1) is 0 Å². The van der Waals surface area contributed by atoms with Crippen molar-refractivity contribution < 1.29 is 18.0 Å². The number of hydrogen-bond donors (Lipinski definition) is 1. The summed E-state index contributed by atoms with van der Waals surface area (Å²) in [5.74, 6) is 2.46. The van der Waals surface area contributed by atoms with Gasteiger partial charge in [-0.2, -0.15) is 18.3 Å². The van der Waals surface area contributed by atoms with Gasteiger partial charge in [0.1, 0.15) is 6.54 Å². The molecule has 0 saturated heterocycles. The fraction of sp³-hybridized carbons (Fsp3) is 0.765. The molecule has 4 bridgehead atoms. The van der Waals surface area contributed by atoms with E-state index < -0.39 is 11.9 Å². The first-order chi connectivity index (χ1) is 11.7. The molecular formula is C17H21BrF3N3O. The number of carbonyl (C=O) groups is 1. The van der Waals surface area contributed by atoms with E-state index in [9.17, 15) is 18.0 Å². The van der Waals surface area contributed by atoms with E-state index in [2.05, 4.69) is 26.3 Å². The molecule has 1 heterocycles. The van der Waals surface area contributed by atoms with E-state index in [1.54, 1.807) is 0 Å². The molecule has 1 aromatic heterocycles. The number of carbonyl (C=O) groups excluding carboxylic acids is 1. The highest BCUT2D eigenvalue weighted by Crippen LogP contribution is 2.53. The summed E-state index contributed by atoms with van der Waals surface area (Å²) in [6.07, 6.45) is 1.54. The van der Waals surface area contributed by atoms with Crippen molar-refractivity contribution in [3.63, 3.8) is 0 Å². The third kappa shape index (κ3) is 3.11. The third-order valence-electron chi connectivity index (χ3n) is 6.25. The van der Waals surface area contributed by atoms with Crippen LogP contribution >= 0.6 is 15.9 Å². The molecule has 138 valence electrons. The molecule has 4 saturated carbocycles. The summed E-state index contributed by atoms with van der Waals surface area (Å²) in [7, 11) is 0. The Morgan fingerprint density at radius 3 is 2.24 bits per heavy atom. The molecule has 25 heavy (non-hydrogen) atoms. The molecular weight excluding hydrogens is 399 g/mol. The van der Waals surface area contributed by atoms with Crippen molar-refractivity contribution in [2.75, 3.05) is 0 Å². The Hall–Kier alpha value is -1.05. The normalized spacial score (nSPS) is 33.7. The lowest BCUT2D eigenvalue weighted by Crippen LogP contribution is -2.56. The number of halogens is 4. The van der Waals surface area contributed by atoms with Crippen LogP contribution in [0.25, 0.3) is 0 Å². The van der Waals surface area contributed by atoms with Gasteiger partial charge in [-0.05, 0) is 78.6 Å². The summed E-state index contributed by atoms with van der Waals surface area (Å²) in [5.41, 5.74) is -0.667. The first-order valence-corrected chi connectivity index (χ1v) is 9.61. The second-order valence-corrected chi connectivity index (χ2v) is 8.72. The number of nitrogens with one attached hydrogen (secondary N) is 1. The van der Waals surface area contributed by atoms with E-state index in [-0.39, 0.29) is 23.0 Å². The smallest absolute Gasteiger partial charge is 0.351 e. The predicted molar refractivity (Wildman–Crippen MR) is 88.6 cm³/mol. The average molecular weight is 420 g/mol. The molecule has 1 N–H and O–H groups in total. The molecule has 1 amide bonds. The lowest BCUT2D eigenvalue weighted by Gasteiger charge is -2.54. The Morgan fingerprint density at radius 1 is 1.20 bits per heavy atom. The van der Waals surface area contributed by atoms with Crippen LogP contribution in [0.3, 0.4) is 0 Å². The van der Waals surface area contributed by atoms with Crippen LogP contribution in [0.15, 0.2) is 4.47 Å². The van der Waals surface area contributed by atoms with E-state index in [1.165, 1.54) is 39.0 Å². The van der Waals surface area contributed by atoms with Crippen molar-refractivity contribution in [3.8, 4) is 0 Å². The SMILES string of the molecule is Cc1c(Br)c(C(F)(F)F)nn1CC(=O)NC1C2CC3CC(C2)CC1C3. The minimum absolute atomic E-state index is 0.0950. The summed E-state index contributed by atoms with van der Waals surface area (Å²) < 4.78 is 39.9. The van der Waals surface area contributed by atoms with Gasteiger partial charge < -0.3 is 5.32 Å². The summed E-state index contributed by atoms with van der Waals surface area (Å²) >= 11 is 2.94. The molecule has 1 aromatic rings. The molecule has 5 rings (SSSR count). The summed E-state index contributed by atoms with van der Waals surface area (Å²) in [5, 5.41) is 6.70. The number of nitrogens with zero attached hydrogens (tertiary/aromatic N) is 2. The van der Waals surface area contributed by atoms with Crippen LogP contribution in [0.4, 0.5) is 13.2 Å². The van der Waals surface area contributed by atoms with Crippen molar-refractivity contribution in [1.29, 1.82) is 0 Å². The van der Waals surface area contributed by atoms with Crippen molar-refractivity contribution in [2.24, 2.45) is 23.7 Å². The van der Waals surface area contributed by atoms with Gasteiger partial charge in [-0.3, -0.25) is 9.48 Å². The number of aromatic nitrogens is 2. The number of alkyl halides is 3. The Balaban J connectivity index is 1.45. The molecule has 4 aliphatic carbocycles. The van der Waals surface area contributed by atoms with Gasteiger partial charge in [-0.25, -0.2) is 0 Å². The predicted octanol–water partition coefficient (Wildman–Crippen LogP) is 3.91. The molecule has 0 atom stereocenters. The Kier molecular flexibility index (Phi) is 4.16. The van der Waals surface area contributed by atoms with E-state index in [0.717, 1.165) is 16.5 Å².